The highest BCUT2D eigenvalue weighted by Crippen LogP contribution is 2.50. The minimum atomic E-state index is -0.717. The van der Waals surface area contributed by atoms with E-state index >= 15 is 0 Å². The van der Waals surface area contributed by atoms with Crippen LogP contribution >= 0.6 is 11.3 Å². The number of pyridine rings is 1. The Morgan fingerprint density at radius 3 is 2.49 bits per heavy atom. The van der Waals surface area contributed by atoms with Crippen LogP contribution in [0.5, 0.6) is 5.75 Å². The summed E-state index contributed by atoms with van der Waals surface area (Å²) in [5.74, 6) is -0.908. The summed E-state index contributed by atoms with van der Waals surface area (Å²) < 4.78 is 0. The van der Waals surface area contributed by atoms with Gasteiger partial charge < -0.3 is 25.7 Å². The molecule has 0 unspecified atom stereocenters. The number of carbonyl (C=O) groups is 1. The third kappa shape index (κ3) is 4.41. The quantitative estimate of drug-likeness (QED) is 0.344. The van der Waals surface area contributed by atoms with Crippen LogP contribution in [0.4, 0.5) is 17.1 Å². The monoisotopic (exact) mass is 499 g/mol. The Hall–Kier alpha value is -3.31. The van der Waals surface area contributed by atoms with Gasteiger partial charge in [0.15, 0.2) is 11.4 Å². The Morgan fingerprint density at radius 1 is 1.23 bits per heavy atom. The summed E-state index contributed by atoms with van der Waals surface area (Å²) in [5, 5.41) is 26.9. The first-order chi connectivity index (χ1) is 16.6. The van der Waals surface area contributed by atoms with Gasteiger partial charge in [0, 0.05) is 25.2 Å². The van der Waals surface area contributed by atoms with Crippen LogP contribution in [0.1, 0.15) is 64.7 Å². The van der Waals surface area contributed by atoms with Gasteiger partial charge in [-0.1, -0.05) is 19.8 Å². The minimum absolute atomic E-state index is 0.0154. The molecule has 186 valence electrons. The molecular formula is C24H29N5O5S. The number of anilines is 3. The smallest absolute Gasteiger partial charge is 0.275 e. The topological polar surface area (TPSA) is 145 Å². The predicted molar refractivity (Wildman–Crippen MR) is 134 cm³/mol. The van der Waals surface area contributed by atoms with Crippen molar-refractivity contribution in [3.05, 3.63) is 54.0 Å². The molecular weight excluding hydrogens is 470 g/mol. The van der Waals surface area contributed by atoms with E-state index in [-0.39, 0.29) is 40.8 Å². The summed E-state index contributed by atoms with van der Waals surface area (Å²) >= 11 is 1.41. The molecule has 0 radical (unpaired) electrons. The molecule has 0 spiro atoms. The van der Waals surface area contributed by atoms with E-state index in [0.29, 0.717) is 5.01 Å². The van der Waals surface area contributed by atoms with E-state index in [0.717, 1.165) is 36.3 Å². The fraction of sp³-hybridized carbons (Fsp3) is 0.458. The van der Waals surface area contributed by atoms with Crippen molar-refractivity contribution in [3.63, 3.8) is 0 Å². The van der Waals surface area contributed by atoms with Crippen molar-refractivity contribution in [2.45, 2.75) is 52.2 Å². The number of aryl methyl sites for hydroxylation is 1. The average molecular weight is 500 g/mol. The van der Waals surface area contributed by atoms with E-state index in [1.165, 1.54) is 42.6 Å². The standard InChI is InChI=1S/C24H29N5O5S/c1-12-15(27-14(11-30)35-12)22(24(2)8-5-6-9-24)28-17-16(20(32)21(17)33)26-13-7-10-25-18(19(13)31)23(34)29(3)4/h7,10,22,28,30-31H,5-6,8-9,11H2,1-4H3,(H,25,26)/t22-/m0/s1. The number of hydrogen-bond donors (Lipinski definition) is 4. The first-order valence-corrected chi connectivity index (χ1v) is 12.2. The van der Waals surface area contributed by atoms with Gasteiger partial charge >= 0.3 is 0 Å². The van der Waals surface area contributed by atoms with Gasteiger partial charge in [-0.3, -0.25) is 14.4 Å². The largest absolute Gasteiger partial charge is 0.504 e. The zero-order valence-corrected chi connectivity index (χ0v) is 21.0. The molecule has 0 bridgehead atoms. The van der Waals surface area contributed by atoms with Gasteiger partial charge in [-0.2, -0.15) is 0 Å². The van der Waals surface area contributed by atoms with E-state index in [1.807, 2.05) is 6.92 Å². The zero-order chi connectivity index (χ0) is 25.5. The maximum atomic E-state index is 12.6. The molecule has 1 saturated carbocycles. The minimum Gasteiger partial charge on any atom is -0.504 e. The molecule has 1 aliphatic rings. The lowest BCUT2D eigenvalue weighted by Gasteiger charge is -2.35. The molecule has 35 heavy (non-hydrogen) atoms. The Balaban J connectivity index is 1.71. The molecule has 2 aromatic heterocycles. The predicted octanol–water partition coefficient (Wildman–Crippen LogP) is 2.82. The highest BCUT2D eigenvalue weighted by atomic mass is 32.1. The second kappa shape index (κ2) is 9.38. The van der Waals surface area contributed by atoms with Gasteiger partial charge in [-0.05, 0) is 31.2 Å². The number of carbonyl (C=O) groups excluding carboxylic acids is 1. The lowest BCUT2D eigenvalue weighted by Crippen LogP contribution is -2.40. The number of aliphatic hydroxyl groups excluding tert-OH is 1. The van der Waals surface area contributed by atoms with E-state index < -0.39 is 22.5 Å². The number of hydrogen-bond acceptors (Lipinski definition) is 10. The number of amides is 1. The van der Waals surface area contributed by atoms with Crippen LogP contribution in [0.2, 0.25) is 0 Å². The number of aromatic hydroxyl groups is 1. The molecule has 3 aromatic rings. The second-order valence-corrected chi connectivity index (χ2v) is 10.7. The molecule has 4 rings (SSSR count). The van der Waals surface area contributed by atoms with Crippen LogP contribution in [0.25, 0.3) is 0 Å². The maximum absolute atomic E-state index is 12.6. The highest BCUT2D eigenvalue weighted by molar-refractivity contribution is 7.11. The normalized spacial score (nSPS) is 15.8. The molecule has 1 aliphatic carbocycles. The Morgan fingerprint density at radius 2 is 1.89 bits per heavy atom. The molecule has 0 aliphatic heterocycles. The maximum Gasteiger partial charge on any atom is 0.275 e. The van der Waals surface area contributed by atoms with Crippen molar-refractivity contribution < 1.29 is 15.0 Å². The number of thiazole rings is 1. The van der Waals surface area contributed by atoms with Crippen LogP contribution < -0.4 is 21.5 Å². The van der Waals surface area contributed by atoms with Gasteiger partial charge in [-0.15, -0.1) is 11.3 Å². The van der Waals surface area contributed by atoms with Crippen molar-refractivity contribution in [2.75, 3.05) is 24.7 Å². The molecule has 1 atom stereocenters. The van der Waals surface area contributed by atoms with Gasteiger partial charge in [-0.25, -0.2) is 9.97 Å². The summed E-state index contributed by atoms with van der Waals surface area (Å²) in [5.41, 5.74) is -0.765. The Kier molecular flexibility index (Phi) is 6.65. The Labute approximate surface area is 206 Å². The second-order valence-electron chi connectivity index (χ2n) is 9.43. The van der Waals surface area contributed by atoms with E-state index in [2.05, 4.69) is 27.5 Å². The molecule has 2 heterocycles. The molecule has 11 heteroatoms. The zero-order valence-electron chi connectivity index (χ0n) is 20.1. The van der Waals surface area contributed by atoms with Crippen molar-refractivity contribution >= 4 is 34.3 Å². The van der Waals surface area contributed by atoms with Crippen LogP contribution in [0.15, 0.2) is 21.9 Å². The molecule has 4 N–H and O–H groups in total. The van der Waals surface area contributed by atoms with Crippen molar-refractivity contribution in [1.82, 2.24) is 14.9 Å². The van der Waals surface area contributed by atoms with Crippen molar-refractivity contribution in [3.8, 4) is 5.75 Å². The number of aromatic nitrogens is 2. The lowest BCUT2D eigenvalue weighted by atomic mass is 9.78. The van der Waals surface area contributed by atoms with Crippen LogP contribution in [0.3, 0.4) is 0 Å². The molecule has 1 aromatic carbocycles. The summed E-state index contributed by atoms with van der Waals surface area (Å²) in [6.45, 7) is 3.90. The number of rotatable bonds is 8. The molecule has 1 fully saturated rings. The third-order valence-corrected chi connectivity index (χ3v) is 7.69. The summed E-state index contributed by atoms with van der Waals surface area (Å²) in [4.78, 5) is 48.3. The fourth-order valence-corrected chi connectivity index (χ4v) is 5.53. The van der Waals surface area contributed by atoms with Crippen molar-refractivity contribution in [1.29, 1.82) is 0 Å². The number of nitrogens with one attached hydrogen (secondary N) is 2. The van der Waals surface area contributed by atoms with Crippen LogP contribution in [-0.4, -0.2) is 45.1 Å². The van der Waals surface area contributed by atoms with Gasteiger partial charge in [0.25, 0.3) is 16.8 Å². The van der Waals surface area contributed by atoms with Crippen LogP contribution in [0, 0.1) is 12.3 Å². The van der Waals surface area contributed by atoms with E-state index in [4.69, 9.17) is 0 Å². The van der Waals surface area contributed by atoms with E-state index in [1.54, 1.807) is 0 Å². The van der Waals surface area contributed by atoms with Crippen molar-refractivity contribution in [2.24, 2.45) is 5.41 Å². The summed E-state index contributed by atoms with van der Waals surface area (Å²) in [7, 11) is 3.07. The third-order valence-electron chi connectivity index (χ3n) is 6.72. The van der Waals surface area contributed by atoms with Crippen LogP contribution in [-0.2, 0) is 6.61 Å². The number of nitrogens with zero attached hydrogens (tertiary/aromatic N) is 3. The number of aliphatic hydroxyl groups is 1. The fourth-order valence-electron chi connectivity index (χ4n) is 4.70. The lowest BCUT2D eigenvalue weighted by molar-refractivity contribution is 0.0819. The average Bonchev–Trinajstić information content (AvgIpc) is 3.44. The molecule has 1 amide bonds. The Bertz CT molecular complexity index is 1330. The van der Waals surface area contributed by atoms with Gasteiger partial charge in [0.2, 0.25) is 0 Å². The SMILES string of the molecule is Cc1sc(CO)nc1[C@H](Nc1c(Nc2ccnc(C(=O)N(C)C)c2O)c(=O)c1=O)C1(C)CCCC1. The molecule has 10 nitrogen and oxygen atoms in total. The highest BCUT2D eigenvalue weighted by Gasteiger charge is 2.41. The van der Waals surface area contributed by atoms with E-state index in [9.17, 15) is 24.6 Å². The molecule has 0 saturated heterocycles. The first kappa shape index (κ1) is 24.8. The first-order valence-electron chi connectivity index (χ1n) is 11.4. The summed E-state index contributed by atoms with van der Waals surface area (Å²) in [6, 6.07) is 1.08. The summed E-state index contributed by atoms with van der Waals surface area (Å²) in [6.07, 6.45) is 5.30. The van der Waals surface area contributed by atoms with Gasteiger partial charge in [0.05, 0.1) is 24.0 Å². The van der Waals surface area contributed by atoms with Gasteiger partial charge in [0.1, 0.15) is 16.4 Å².